The fraction of sp³-hybridized carbons (Fsp3) is 0.250. The number of pyridine rings is 1. The second-order valence-corrected chi connectivity index (χ2v) is 11.7. The summed E-state index contributed by atoms with van der Waals surface area (Å²) in [5.74, 6) is -1.47. The molecule has 3 aromatic rings. The minimum absolute atomic E-state index is 0.000295. The van der Waals surface area contributed by atoms with Crippen LogP contribution in [0, 0.1) is 5.92 Å². The van der Waals surface area contributed by atoms with Crippen molar-refractivity contribution in [3.05, 3.63) is 83.4 Å². The molecule has 3 heterocycles. The highest BCUT2D eigenvalue weighted by atomic mass is 32.2. The summed E-state index contributed by atoms with van der Waals surface area (Å²) in [7, 11) is -4.13. The fourth-order valence-electron chi connectivity index (χ4n) is 6.36. The first-order valence-corrected chi connectivity index (χ1v) is 13.8. The number of carbonyl (C=O) groups excluding carboxylic acids is 2. The van der Waals surface area contributed by atoms with E-state index in [9.17, 15) is 18.0 Å². The van der Waals surface area contributed by atoms with Gasteiger partial charge in [0, 0.05) is 12.1 Å². The third kappa shape index (κ3) is 3.05. The van der Waals surface area contributed by atoms with E-state index in [-0.39, 0.29) is 4.90 Å². The Labute approximate surface area is 218 Å². The summed E-state index contributed by atoms with van der Waals surface area (Å²) < 4.78 is 34.9. The van der Waals surface area contributed by atoms with E-state index in [0.717, 1.165) is 42.0 Å². The number of rotatable bonds is 5. The second kappa shape index (κ2) is 7.94. The number of nitrogens with one attached hydrogen (secondary N) is 2. The third-order valence-corrected chi connectivity index (χ3v) is 9.48. The van der Waals surface area contributed by atoms with Crippen LogP contribution in [0.5, 0.6) is 0 Å². The maximum Gasteiger partial charge on any atom is 0.318 e. The van der Waals surface area contributed by atoms with Gasteiger partial charge in [-0.2, -0.15) is 9.71 Å². The molecule has 1 saturated carbocycles. The van der Waals surface area contributed by atoms with Crippen molar-refractivity contribution in [3.8, 4) is 11.3 Å². The number of sulfonamides is 1. The van der Waals surface area contributed by atoms with E-state index in [1.165, 1.54) is 23.8 Å². The lowest BCUT2D eigenvalue weighted by molar-refractivity contribution is -0.262. The highest BCUT2D eigenvalue weighted by Gasteiger charge is 2.84. The van der Waals surface area contributed by atoms with Crippen LogP contribution in [-0.2, 0) is 30.8 Å². The normalized spacial score (nSPS) is 28.1. The van der Waals surface area contributed by atoms with Gasteiger partial charge in [-0.1, -0.05) is 42.5 Å². The molecule has 38 heavy (non-hydrogen) atoms. The number of aliphatic imine (C=N–C) groups is 1. The monoisotopic (exact) mass is 526 g/mol. The van der Waals surface area contributed by atoms with Crippen LogP contribution in [0.1, 0.15) is 29.0 Å². The minimum atomic E-state index is -4.13. The van der Waals surface area contributed by atoms with Gasteiger partial charge < -0.3 is 10.1 Å². The molecule has 2 aliphatic carbocycles. The van der Waals surface area contributed by atoms with E-state index >= 15 is 0 Å². The summed E-state index contributed by atoms with van der Waals surface area (Å²) in [6.07, 6.45) is 7.22. The predicted octanol–water partition coefficient (Wildman–Crippen LogP) is 3.15. The van der Waals surface area contributed by atoms with Crippen LogP contribution in [-0.4, -0.2) is 43.3 Å². The number of hydrogen-bond donors (Lipinski definition) is 2. The summed E-state index contributed by atoms with van der Waals surface area (Å²) in [5.41, 5.74) is 1.55. The van der Waals surface area contributed by atoms with E-state index in [0.29, 0.717) is 5.56 Å². The van der Waals surface area contributed by atoms with Crippen molar-refractivity contribution in [3.63, 3.8) is 0 Å². The maximum atomic E-state index is 13.4. The summed E-state index contributed by atoms with van der Waals surface area (Å²) in [6.45, 7) is 0.887. The second-order valence-electron chi connectivity index (χ2n) is 10.00. The number of hydrogen-bond acceptors (Lipinski definition) is 8. The molecule has 4 atom stereocenters. The van der Waals surface area contributed by atoms with Crippen molar-refractivity contribution in [2.24, 2.45) is 10.9 Å². The Morgan fingerprint density at radius 3 is 2.74 bits per heavy atom. The first kappa shape index (κ1) is 23.0. The molecule has 190 valence electrons. The van der Waals surface area contributed by atoms with E-state index < -0.39 is 39.1 Å². The number of aromatic nitrogens is 1. The Morgan fingerprint density at radius 2 is 1.95 bits per heavy atom. The predicted molar refractivity (Wildman–Crippen MR) is 138 cm³/mol. The molecular formula is C28H22N4O5S. The first-order chi connectivity index (χ1) is 18.4. The first-order valence-electron chi connectivity index (χ1n) is 12.4. The van der Waals surface area contributed by atoms with Gasteiger partial charge in [0.1, 0.15) is 11.7 Å². The fourth-order valence-corrected chi connectivity index (χ4v) is 7.70. The summed E-state index contributed by atoms with van der Waals surface area (Å²) in [4.78, 5) is 33.0. The van der Waals surface area contributed by atoms with Crippen LogP contribution in [0.15, 0.2) is 76.6 Å². The van der Waals surface area contributed by atoms with E-state index in [1.807, 2.05) is 30.3 Å². The average Bonchev–Trinajstić information content (AvgIpc) is 2.92. The van der Waals surface area contributed by atoms with Gasteiger partial charge in [0.2, 0.25) is 16.1 Å². The molecule has 10 heteroatoms. The lowest BCUT2D eigenvalue weighted by atomic mass is 9.46. The molecule has 2 fully saturated rings. The van der Waals surface area contributed by atoms with Gasteiger partial charge in [0.15, 0.2) is 11.3 Å². The van der Waals surface area contributed by atoms with Gasteiger partial charge in [-0.05, 0) is 59.9 Å². The number of isocyanates is 1. The van der Waals surface area contributed by atoms with Gasteiger partial charge in [0.25, 0.3) is 0 Å². The molecular weight excluding hydrogens is 504 g/mol. The zero-order chi connectivity index (χ0) is 26.1. The Kier molecular flexibility index (Phi) is 4.82. The Morgan fingerprint density at radius 1 is 1.11 bits per heavy atom. The largest absolute Gasteiger partial charge is 0.452 e. The molecule has 2 N–H and O–H groups in total. The Bertz CT molecular complexity index is 1700. The molecule has 4 aliphatic rings. The van der Waals surface area contributed by atoms with Crippen LogP contribution in [0.3, 0.4) is 0 Å². The smallest absolute Gasteiger partial charge is 0.318 e. The van der Waals surface area contributed by atoms with E-state index in [1.54, 1.807) is 24.3 Å². The highest BCUT2D eigenvalue weighted by molar-refractivity contribution is 7.89. The molecule has 2 aromatic carbocycles. The molecule has 3 unspecified atom stereocenters. The SMILES string of the molecule is O=C=N[C@@]1(NS(=O)(=O)c2ccccc2)C2C(=O)OC23C=Cc2cc(-c4ccc5c(n4)NCCC5)ccc2C31. The molecule has 0 radical (unpaired) electrons. The molecule has 0 amide bonds. The average molecular weight is 527 g/mol. The number of aryl methyl sites for hydroxylation is 1. The molecule has 1 saturated heterocycles. The summed E-state index contributed by atoms with van der Waals surface area (Å²) >= 11 is 0. The van der Waals surface area contributed by atoms with Crippen LogP contribution >= 0.6 is 0 Å². The van der Waals surface area contributed by atoms with E-state index in [2.05, 4.69) is 21.1 Å². The molecule has 1 spiro atoms. The lowest BCUT2D eigenvalue weighted by Crippen LogP contribution is -2.86. The van der Waals surface area contributed by atoms with Crippen molar-refractivity contribution in [2.75, 3.05) is 11.9 Å². The molecule has 0 bridgehead atoms. The van der Waals surface area contributed by atoms with Crippen LogP contribution in [0.4, 0.5) is 5.82 Å². The number of ether oxygens (including phenoxy) is 1. The van der Waals surface area contributed by atoms with Crippen LogP contribution < -0.4 is 10.0 Å². The van der Waals surface area contributed by atoms with Crippen molar-refractivity contribution in [1.82, 2.24) is 9.71 Å². The van der Waals surface area contributed by atoms with Crippen molar-refractivity contribution < 1.29 is 22.7 Å². The maximum absolute atomic E-state index is 13.4. The molecule has 1 aromatic heterocycles. The van der Waals surface area contributed by atoms with Gasteiger partial charge >= 0.3 is 5.97 Å². The molecule has 9 nitrogen and oxygen atoms in total. The van der Waals surface area contributed by atoms with Crippen molar-refractivity contribution in [2.45, 2.75) is 34.9 Å². The number of fused-ring (bicyclic) bond motifs is 3. The van der Waals surface area contributed by atoms with Crippen LogP contribution in [0.2, 0.25) is 0 Å². The minimum Gasteiger partial charge on any atom is -0.452 e. The number of carbonyl (C=O) groups is 1. The van der Waals surface area contributed by atoms with Crippen molar-refractivity contribution >= 4 is 34.0 Å². The van der Waals surface area contributed by atoms with E-state index in [4.69, 9.17) is 9.72 Å². The summed E-state index contributed by atoms with van der Waals surface area (Å²) in [6, 6.07) is 17.6. The molecule has 2 aliphatic heterocycles. The quantitative estimate of drug-likeness (QED) is 0.297. The van der Waals surface area contributed by atoms with Gasteiger partial charge in [0.05, 0.1) is 16.5 Å². The van der Waals surface area contributed by atoms with Crippen LogP contribution in [0.25, 0.3) is 17.3 Å². The number of esters is 1. The molecule has 7 rings (SSSR count). The third-order valence-electron chi connectivity index (χ3n) is 7.99. The number of anilines is 1. The van der Waals surface area contributed by atoms with Gasteiger partial charge in [-0.15, -0.1) is 0 Å². The Hall–Kier alpha value is -4.11. The van der Waals surface area contributed by atoms with Crippen molar-refractivity contribution in [1.29, 1.82) is 0 Å². The standard InChI is InChI=1S/C28H22N4O5S/c33-16-30-28(32-38(35,36)20-6-2-1-3-7-20)23-21-10-8-19(22-11-9-17-5-4-14-29-25(17)31-22)15-18(21)12-13-27(23)24(28)26(34)37-27/h1-3,6-13,15,23-24,32H,4-5,14H2,(H,29,31)/t23?,24?,27?,28-/m0/s1. The highest BCUT2D eigenvalue weighted by Crippen LogP contribution is 2.69. The number of nitrogens with zero attached hydrogens (tertiary/aromatic N) is 2. The Balaban J connectivity index is 1.32. The lowest BCUT2D eigenvalue weighted by Gasteiger charge is -2.68. The van der Waals surface area contributed by atoms with Gasteiger partial charge in [-0.25, -0.2) is 18.2 Å². The topological polar surface area (TPSA) is 127 Å². The zero-order valence-corrected chi connectivity index (χ0v) is 20.9. The summed E-state index contributed by atoms with van der Waals surface area (Å²) in [5, 5.41) is 3.35. The van der Waals surface area contributed by atoms with Gasteiger partial charge in [-0.3, -0.25) is 4.79 Å². The zero-order valence-electron chi connectivity index (χ0n) is 20.0. The number of benzene rings is 2.